The lowest BCUT2D eigenvalue weighted by molar-refractivity contribution is 0.195. The van der Waals surface area contributed by atoms with Crippen molar-refractivity contribution in [2.24, 2.45) is 0 Å². The SMILES string of the molecule is CCc1ncnc(OC2CCN(S(=O)(=O)c3ccc(F)cc3C)C2)c1F. The maximum atomic E-state index is 14.2. The van der Waals surface area contributed by atoms with Crippen LogP contribution in [0, 0.1) is 18.6 Å². The van der Waals surface area contributed by atoms with E-state index in [1.165, 1.54) is 22.8 Å². The fraction of sp³-hybridized carbons (Fsp3) is 0.412. The van der Waals surface area contributed by atoms with Crippen LogP contribution in [0.1, 0.15) is 24.6 Å². The summed E-state index contributed by atoms with van der Waals surface area (Å²) < 4.78 is 59.8. The summed E-state index contributed by atoms with van der Waals surface area (Å²) in [6.45, 7) is 3.62. The average molecular weight is 383 g/mol. The van der Waals surface area contributed by atoms with Gasteiger partial charge in [-0.1, -0.05) is 6.92 Å². The van der Waals surface area contributed by atoms with Crippen molar-refractivity contribution in [3.05, 3.63) is 47.4 Å². The molecule has 0 saturated carbocycles. The van der Waals surface area contributed by atoms with Crippen molar-refractivity contribution in [1.82, 2.24) is 14.3 Å². The number of hydrogen-bond donors (Lipinski definition) is 0. The zero-order valence-electron chi connectivity index (χ0n) is 14.4. The van der Waals surface area contributed by atoms with Gasteiger partial charge in [-0.05, 0) is 43.5 Å². The Bertz CT molecular complexity index is 921. The molecule has 9 heteroatoms. The van der Waals surface area contributed by atoms with Crippen molar-refractivity contribution in [2.45, 2.75) is 37.7 Å². The van der Waals surface area contributed by atoms with E-state index in [2.05, 4.69) is 9.97 Å². The zero-order chi connectivity index (χ0) is 18.9. The quantitative estimate of drug-likeness (QED) is 0.793. The molecule has 0 spiro atoms. The van der Waals surface area contributed by atoms with Crippen LogP contribution in [0.5, 0.6) is 5.88 Å². The van der Waals surface area contributed by atoms with Crippen molar-refractivity contribution in [2.75, 3.05) is 13.1 Å². The smallest absolute Gasteiger partial charge is 0.254 e. The van der Waals surface area contributed by atoms with E-state index in [-0.39, 0.29) is 29.6 Å². The van der Waals surface area contributed by atoms with Gasteiger partial charge in [-0.2, -0.15) is 13.7 Å². The van der Waals surface area contributed by atoms with Gasteiger partial charge in [0, 0.05) is 6.54 Å². The van der Waals surface area contributed by atoms with Crippen molar-refractivity contribution in [3.8, 4) is 5.88 Å². The summed E-state index contributed by atoms with van der Waals surface area (Å²) >= 11 is 0. The van der Waals surface area contributed by atoms with Crippen molar-refractivity contribution in [1.29, 1.82) is 0 Å². The van der Waals surface area contributed by atoms with E-state index < -0.39 is 27.8 Å². The lowest BCUT2D eigenvalue weighted by atomic mass is 10.2. The standard InChI is InChI=1S/C17H19F2N3O3S/c1-3-14-16(19)17(21-10-20-14)25-13-6-7-22(9-13)26(23,24)15-5-4-12(18)8-11(15)2/h4-5,8,10,13H,3,6-7,9H2,1-2H3. The van der Waals surface area contributed by atoms with Gasteiger partial charge in [-0.15, -0.1) is 0 Å². The third-order valence-electron chi connectivity index (χ3n) is 4.31. The van der Waals surface area contributed by atoms with Crippen LogP contribution in [0.4, 0.5) is 8.78 Å². The number of rotatable bonds is 5. The predicted octanol–water partition coefficient (Wildman–Crippen LogP) is 2.47. The molecular formula is C17H19F2N3O3S. The van der Waals surface area contributed by atoms with Gasteiger partial charge in [-0.3, -0.25) is 0 Å². The summed E-state index contributed by atoms with van der Waals surface area (Å²) in [4.78, 5) is 7.70. The summed E-state index contributed by atoms with van der Waals surface area (Å²) in [5.74, 6) is -1.28. The number of sulfonamides is 1. The molecule has 1 unspecified atom stereocenters. The van der Waals surface area contributed by atoms with Crippen LogP contribution >= 0.6 is 0 Å². The Kier molecular flexibility index (Phi) is 5.19. The molecule has 0 radical (unpaired) electrons. The largest absolute Gasteiger partial charge is 0.471 e. The fourth-order valence-corrected chi connectivity index (χ4v) is 4.62. The monoisotopic (exact) mass is 383 g/mol. The van der Waals surface area contributed by atoms with Crippen LogP contribution in [0.2, 0.25) is 0 Å². The number of aromatic nitrogens is 2. The second-order valence-electron chi connectivity index (χ2n) is 6.09. The molecule has 6 nitrogen and oxygen atoms in total. The Morgan fingerprint density at radius 1 is 1.31 bits per heavy atom. The van der Waals surface area contributed by atoms with Gasteiger partial charge in [-0.25, -0.2) is 17.8 Å². The van der Waals surface area contributed by atoms with E-state index in [1.807, 2.05) is 0 Å². The lowest BCUT2D eigenvalue weighted by Crippen LogP contribution is -2.31. The molecule has 1 aromatic heterocycles. The normalized spacial score (nSPS) is 18.2. The molecule has 3 rings (SSSR count). The summed E-state index contributed by atoms with van der Waals surface area (Å²) in [5.41, 5.74) is 0.586. The molecule has 0 amide bonds. The van der Waals surface area contributed by atoms with Crippen molar-refractivity contribution < 1.29 is 21.9 Å². The Hall–Kier alpha value is -2.13. The van der Waals surface area contributed by atoms with Gasteiger partial charge < -0.3 is 4.74 Å². The van der Waals surface area contributed by atoms with Gasteiger partial charge in [0.15, 0.2) is 0 Å². The molecule has 0 N–H and O–H groups in total. The average Bonchev–Trinajstić information content (AvgIpc) is 3.06. The minimum absolute atomic E-state index is 0.0565. The van der Waals surface area contributed by atoms with E-state index in [9.17, 15) is 17.2 Å². The highest BCUT2D eigenvalue weighted by Gasteiger charge is 2.35. The van der Waals surface area contributed by atoms with E-state index >= 15 is 0 Å². The molecule has 2 aromatic rings. The first-order chi connectivity index (χ1) is 12.3. The summed E-state index contributed by atoms with van der Waals surface area (Å²) in [6, 6.07) is 3.55. The van der Waals surface area contributed by atoms with Crippen molar-refractivity contribution >= 4 is 10.0 Å². The first-order valence-corrected chi connectivity index (χ1v) is 9.69. The molecule has 1 atom stereocenters. The highest BCUT2D eigenvalue weighted by Crippen LogP contribution is 2.27. The number of benzene rings is 1. The maximum absolute atomic E-state index is 14.2. The Balaban J connectivity index is 1.76. The number of aryl methyl sites for hydroxylation is 2. The van der Waals surface area contributed by atoms with E-state index in [0.717, 1.165) is 6.07 Å². The number of hydrogen-bond acceptors (Lipinski definition) is 5. The zero-order valence-corrected chi connectivity index (χ0v) is 15.3. The van der Waals surface area contributed by atoms with Crippen LogP contribution < -0.4 is 4.74 Å². The van der Waals surface area contributed by atoms with Crippen LogP contribution in [-0.2, 0) is 16.4 Å². The molecular weight excluding hydrogens is 364 g/mol. The summed E-state index contributed by atoms with van der Waals surface area (Å²) in [7, 11) is -3.77. The number of ether oxygens (including phenoxy) is 1. The van der Waals surface area contributed by atoms with Crippen LogP contribution in [0.15, 0.2) is 29.4 Å². The Morgan fingerprint density at radius 3 is 2.77 bits per heavy atom. The van der Waals surface area contributed by atoms with Gasteiger partial charge in [0.2, 0.25) is 15.8 Å². The molecule has 140 valence electrons. The minimum Gasteiger partial charge on any atom is -0.471 e. The lowest BCUT2D eigenvalue weighted by Gasteiger charge is -2.18. The van der Waals surface area contributed by atoms with E-state index in [4.69, 9.17) is 4.74 Å². The topological polar surface area (TPSA) is 72.4 Å². The summed E-state index contributed by atoms with van der Waals surface area (Å²) in [6.07, 6.45) is 1.52. The van der Waals surface area contributed by atoms with Gasteiger partial charge in [0.25, 0.3) is 5.88 Å². The first-order valence-electron chi connectivity index (χ1n) is 8.25. The molecule has 2 heterocycles. The van der Waals surface area contributed by atoms with Crippen molar-refractivity contribution in [3.63, 3.8) is 0 Å². The minimum atomic E-state index is -3.77. The predicted molar refractivity (Wildman–Crippen MR) is 90.3 cm³/mol. The van der Waals surface area contributed by atoms with E-state index in [1.54, 1.807) is 13.8 Å². The van der Waals surface area contributed by atoms with Gasteiger partial charge in [0.1, 0.15) is 18.2 Å². The molecule has 0 bridgehead atoms. The second kappa shape index (κ2) is 7.24. The maximum Gasteiger partial charge on any atom is 0.254 e. The Morgan fingerprint density at radius 2 is 2.08 bits per heavy atom. The highest BCUT2D eigenvalue weighted by atomic mass is 32.2. The number of halogens is 2. The third kappa shape index (κ3) is 3.54. The third-order valence-corrected chi connectivity index (χ3v) is 6.33. The molecule has 1 saturated heterocycles. The molecule has 1 aromatic carbocycles. The van der Waals surface area contributed by atoms with Crippen LogP contribution in [-0.4, -0.2) is 41.9 Å². The molecule has 0 aliphatic carbocycles. The van der Waals surface area contributed by atoms with Crippen LogP contribution in [0.25, 0.3) is 0 Å². The molecule has 26 heavy (non-hydrogen) atoms. The molecule has 1 fully saturated rings. The number of nitrogens with zero attached hydrogens (tertiary/aromatic N) is 3. The molecule has 1 aliphatic heterocycles. The first kappa shape index (κ1) is 18.7. The highest BCUT2D eigenvalue weighted by molar-refractivity contribution is 7.89. The van der Waals surface area contributed by atoms with Gasteiger partial charge in [0.05, 0.1) is 17.1 Å². The van der Waals surface area contributed by atoms with E-state index in [0.29, 0.717) is 18.4 Å². The van der Waals surface area contributed by atoms with Crippen LogP contribution in [0.3, 0.4) is 0 Å². The second-order valence-corrected chi connectivity index (χ2v) is 8.00. The van der Waals surface area contributed by atoms with Gasteiger partial charge >= 0.3 is 0 Å². The molecule has 1 aliphatic rings. The fourth-order valence-electron chi connectivity index (χ4n) is 2.93. The Labute approximate surface area is 150 Å². The summed E-state index contributed by atoms with van der Waals surface area (Å²) in [5, 5.41) is 0.